The zero-order valence-corrected chi connectivity index (χ0v) is 17.3. The minimum atomic E-state index is -0.469. The molecule has 0 spiro atoms. The van der Waals surface area contributed by atoms with Gasteiger partial charge in [-0.15, -0.1) is 0 Å². The van der Waals surface area contributed by atoms with Crippen LogP contribution in [0.1, 0.15) is 46.4 Å². The maximum atomic E-state index is 5.98. The van der Waals surface area contributed by atoms with E-state index in [0.29, 0.717) is 31.1 Å². The Morgan fingerprint density at radius 2 is 1.90 bits per heavy atom. The number of aromatic nitrogens is 6. The Kier molecular flexibility index (Phi) is 3.99. The van der Waals surface area contributed by atoms with Crippen molar-refractivity contribution in [2.45, 2.75) is 64.8 Å². The van der Waals surface area contributed by atoms with Gasteiger partial charge in [0.05, 0.1) is 12.2 Å². The van der Waals surface area contributed by atoms with Crippen molar-refractivity contribution in [2.24, 2.45) is 0 Å². The van der Waals surface area contributed by atoms with Crippen LogP contribution in [0.3, 0.4) is 0 Å². The molecule has 0 bridgehead atoms. The molecule has 3 aromatic rings. The highest BCUT2D eigenvalue weighted by atomic mass is 16.5. The molecular formula is C20H26N8O. The number of anilines is 2. The molecule has 29 heavy (non-hydrogen) atoms. The van der Waals surface area contributed by atoms with Crippen LogP contribution < -0.4 is 10.6 Å². The van der Waals surface area contributed by atoms with Crippen molar-refractivity contribution in [1.82, 2.24) is 29.5 Å². The van der Waals surface area contributed by atoms with Crippen LogP contribution in [-0.2, 0) is 16.9 Å². The number of nitrogens with two attached hydrogens (primary N) is 1. The molecule has 1 saturated carbocycles. The quantitative estimate of drug-likeness (QED) is 0.719. The summed E-state index contributed by atoms with van der Waals surface area (Å²) in [5.41, 5.74) is 7.60. The Morgan fingerprint density at radius 1 is 1.17 bits per heavy atom. The average Bonchev–Trinajstić information content (AvgIpc) is 3.42. The van der Waals surface area contributed by atoms with Crippen LogP contribution in [0.2, 0.25) is 0 Å². The fourth-order valence-electron chi connectivity index (χ4n) is 4.07. The number of rotatable bonds is 4. The number of hydrogen-bond donors (Lipinski definition) is 1. The highest BCUT2D eigenvalue weighted by Gasteiger charge is 2.37. The van der Waals surface area contributed by atoms with Crippen LogP contribution >= 0.6 is 0 Å². The van der Waals surface area contributed by atoms with Gasteiger partial charge in [0, 0.05) is 31.0 Å². The predicted molar refractivity (Wildman–Crippen MR) is 110 cm³/mol. The highest BCUT2D eigenvalue weighted by Crippen LogP contribution is 2.39. The molecule has 3 aromatic heterocycles. The molecule has 0 aromatic carbocycles. The molecule has 152 valence electrons. The van der Waals surface area contributed by atoms with Gasteiger partial charge in [0.25, 0.3) is 0 Å². The summed E-state index contributed by atoms with van der Waals surface area (Å²) in [7, 11) is 0. The second-order valence-corrected chi connectivity index (χ2v) is 8.55. The summed E-state index contributed by atoms with van der Waals surface area (Å²) in [5.74, 6) is 2.58. The first-order valence-corrected chi connectivity index (χ1v) is 10.1. The summed E-state index contributed by atoms with van der Waals surface area (Å²) in [5, 5.41) is 0. The topological polar surface area (TPSA) is 108 Å². The monoisotopic (exact) mass is 394 g/mol. The molecule has 2 N–H and O–H groups in total. The third-order valence-corrected chi connectivity index (χ3v) is 5.56. The van der Waals surface area contributed by atoms with E-state index in [0.717, 1.165) is 28.4 Å². The third kappa shape index (κ3) is 3.00. The van der Waals surface area contributed by atoms with Crippen molar-refractivity contribution >= 4 is 22.9 Å². The summed E-state index contributed by atoms with van der Waals surface area (Å²) in [4.78, 5) is 25.4. The molecule has 5 rings (SSSR count). The van der Waals surface area contributed by atoms with Crippen molar-refractivity contribution in [1.29, 1.82) is 0 Å². The largest absolute Gasteiger partial charge is 0.368 e. The van der Waals surface area contributed by atoms with Gasteiger partial charge in [-0.2, -0.15) is 0 Å². The molecule has 0 unspecified atom stereocenters. The lowest BCUT2D eigenvalue weighted by atomic mass is 10.1. The van der Waals surface area contributed by atoms with E-state index in [2.05, 4.69) is 33.3 Å². The summed E-state index contributed by atoms with van der Waals surface area (Å²) >= 11 is 0. The van der Waals surface area contributed by atoms with Gasteiger partial charge in [-0.3, -0.25) is 0 Å². The smallest absolute Gasteiger partial charge is 0.219 e. The molecule has 0 atom stereocenters. The van der Waals surface area contributed by atoms with Crippen LogP contribution in [0.15, 0.2) is 12.4 Å². The fraction of sp³-hybridized carbons (Fsp3) is 0.550. The fourth-order valence-corrected chi connectivity index (χ4v) is 4.07. The molecule has 1 fully saturated rings. The van der Waals surface area contributed by atoms with E-state index in [1.165, 1.54) is 12.8 Å². The van der Waals surface area contributed by atoms with Gasteiger partial charge in [-0.25, -0.2) is 24.9 Å². The van der Waals surface area contributed by atoms with Gasteiger partial charge in [0.1, 0.15) is 11.4 Å². The van der Waals surface area contributed by atoms with E-state index in [4.69, 9.17) is 25.4 Å². The Balaban J connectivity index is 1.78. The van der Waals surface area contributed by atoms with Gasteiger partial charge in [0.2, 0.25) is 5.95 Å². The molecule has 0 radical (unpaired) electrons. The Bertz CT molecular complexity index is 1070. The first-order chi connectivity index (χ1) is 13.8. The number of ether oxygens (including phenoxy) is 1. The van der Waals surface area contributed by atoms with Gasteiger partial charge in [0.15, 0.2) is 22.8 Å². The van der Waals surface area contributed by atoms with Crippen molar-refractivity contribution in [2.75, 3.05) is 17.2 Å². The van der Waals surface area contributed by atoms with Crippen LogP contribution in [0.25, 0.3) is 22.6 Å². The Morgan fingerprint density at radius 3 is 2.55 bits per heavy atom. The lowest BCUT2D eigenvalue weighted by Crippen LogP contribution is -2.34. The summed E-state index contributed by atoms with van der Waals surface area (Å²) in [6.45, 7) is 9.83. The van der Waals surface area contributed by atoms with E-state index in [1.54, 1.807) is 12.4 Å². The van der Waals surface area contributed by atoms with E-state index in [-0.39, 0.29) is 5.95 Å². The van der Waals surface area contributed by atoms with Crippen LogP contribution in [0, 0.1) is 0 Å². The number of hydrogen-bond acceptors (Lipinski definition) is 8. The van der Waals surface area contributed by atoms with Gasteiger partial charge >= 0.3 is 0 Å². The molecule has 1 aliphatic carbocycles. The van der Waals surface area contributed by atoms with E-state index >= 15 is 0 Å². The maximum absolute atomic E-state index is 5.98. The molecule has 2 aliphatic rings. The van der Waals surface area contributed by atoms with Crippen LogP contribution in [-0.4, -0.2) is 48.2 Å². The molecule has 0 amide bonds. The number of fused-ring (bicyclic) bond motifs is 3. The number of nitrogens with zero attached hydrogens (tertiary/aromatic N) is 7. The second-order valence-electron chi connectivity index (χ2n) is 8.55. The highest BCUT2D eigenvalue weighted by molar-refractivity contribution is 5.87. The van der Waals surface area contributed by atoms with Gasteiger partial charge in [-0.1, -0.05) is 0 Å². The zero-order valence-electron chi connectivity index (χ0n) is 17.3. The van der Waals surface area contributed by atoms with Crippen LogP contribution in [0.5, 0.6) is 0 Å². The van der Waals surface area contributed by atoms with Crippen LogP contribution in [0.4, 0.5) is 11.8 Å². The molecule has 4 heterocycles. The summed E-state index contributed by atoms with van der Waals surface area (Å²) in [6, 6.07) is 0.797. The molecule has 9 heteroatoms. The molecule has 1 aliphatic heterocycles. The lowest BCUT2D eigenvalue weighted by Gasteiger charge is -2.30. The summed E-state index contributed by atoms with van der Waals surface area (Å²) in [6.07, 6.45) is 5.69. The molecule has 0 saturated heterocycles. The summed E-state index contributed by atoms with van der Waals surface area (Å²) < 4.78 is 8.14. The van der Waals surface area contributed by atoms with Gasteiger partial charge < -0.3 is 19.9 Å². The molecule has 9 nitrogen and oxygen atoms in total. The standard InChI is InChI=1S/C20H26N8O/c1-11(2)28(13-5-6-13)17-14-16(27-7-8-29-20(3,4)18(27)24-14)25-15(26-17)12-9-22-19(21)23-10-12/h9-11,13H,5-8H2,1-4H3,(H2,21,22,23). The van der Waals surface area contributed by atoms with Crippen molar-refractivity contribution in [3.63, 3.8) is 0 Å². The third-order valence-electron chi connectivity index (χ3n) is 5.56. The van der Waals surface area contributed by atoms with E-state index in [1.807, 2.05) is 13.8 Å². The van der Waals surface area contributed by atoms with E-state index < -0.39 is 5.60 Å². The number of imidazole rings is 1. The first kappa shape index (κ1) is 18.2. The maximum Gasteiger partial charge on any atom is 0.219 e. The predicted octanol–water partition coefficient (Wildman–Crippen LogP) is 2.51. The minimum Gasteiger partial charge on any atom is -0.368 e. The SMILES string of the molecule is CC(C)N(c1nc(-c2cnc(N)nc2)nc2c1nc1n2CCOC1(C)C)C1CC1. The number of nitrogen functional groups attached to an aromatic ring is 1. The molecular weight excluding hydrogens is 368 g/mol. The second kappa shape index (κ2) is 6.35. The van der Waals surface area contributed by atoms with Crippen molar-refractivity contribution < 1.29 is 4.74 Å². The average molecular weight is 394 g/mol. The zero-order chi connectivity index (χ0) is 20.3. The Labute approximate surface area is 169 Å². The normalized spacial score (nSPS) is 18.2. The lowest BCUT2D eigenvalue weighted by molar-refractivity contribution is -0.0530. The minimum absolute atomic E-state index is 0.234. The van der Waals surface area contributed by atoms with Gasteiger partial charge in [-0.05, 0) is 40.5 Å². The Hall–Kier alpha value is -2.81. The van der Waals surface area contributed by atoms with E-state index in [9.17, 15) is 0 Å². The first-order valence-electron chi connectivity index (χ1n) is 10.1. The van der Waals surface area contributed by atoms with Crippen molar-refractivity contribution in [3.05, 3.63) is 18.2 Å². The van der Waals surface area contributed by atoms with Crippen molar-refractivity contribution in [3.8, 4) is 11.4 Å².